The Kier molecular flexibility index (Phi) is 7.50. The number of nitriles is 1. The summed E-state index contributed by atoms with van der Waals surface area (Å²) in [5.41, 5.74) is 4.06. The first-order valence-corrected chi connectivity index (χ1v) is 10.3. The highest BCUT2D eigenvalue weighted by Gasteiger charge is 2.19. The molecule has 3 rings (SSSR count). The summed E-state index contributed by atoms with van der Waals surface area (Å²) in [6.07, 6.45) is 1.71. The minimum absolute atomic E-state index is 0.173. The first-order valence-electron chi connectivity index (χ1n) is 10.3. The van der Waals surface area contributed by atoms with Crippen molar-refractivity contribution in [2.45, 2.75) is 13.8 Å². The SMILES string of the molecule is Cc1cccc(N2CCN(/C=C(/C#N)C(=O)NCCN3CCOCC3)CC2)c1C. The van der Waals surface area contributed by atoms with E-state index in [0.29, 0.717) is 6.54 Å². The Labute approximate surface area is 173 Å². The van der Waals surface area contributed by atoms with E-state index in [-0.39, 0.29) is 11.5 Å². The van der Waals surface area contributed by atoms with Crippen molar-refractivity contribution < 1.29 is 9.53 Å². The quantitative estimate of drug-likeness (QED) is 0.576. The molecule has 0 spiro atoms. The first kappa shape index (κ1) is 21.2. The molecule has 0 aromatic heterocycles. The lowest BCUT2D eigenvalue weighted by Crippen LogP contribution is -2.45. The van der Waals surface area contributed by atoms with E-state index in [2.05, 4.69) is 58.1 Å². The van der Waals surface area contributed by atoms with Crippen LogP contribution in [0.4, 0.5) is 5.69 Å². The van der Waals surface area contributed by atoms with Crippen LogP contribution in [0.2, 0.25) is 0 Å². The number of hydrogen-bond donors (Lipinski definition) is 1. The van der Waals surface area contributed by atoms with Gasteiger partial charge in [-0.25, -0.2) is 0 Å². The molecule has 7 heteroatoms. The van der Waals surface area contributed by atoms with E-state index in [1.807, 2.05) is 0 Å². The maximum atomic E-state index is 12.4. The third-order valence-electron chi connectivity index (χ3n) is 5.73. The summed E-state index contributed by atoms with van der Waals surface area (Å²) in [6.45, 7) is 12.2. The number of hydrogen-bond acceptors (Lipinski definition) is 6. The fourth-order valence-electron chi connectivity index (χ4n) is 3.74. The van der Waals surface area contributed by atoms with Crippen molar-refractivity contribution in [3.05, 3.63) is 41.1 Å². The second-order valence-corrected chi connectivity index (χ2v) is 7.61. The Morgan fingerprint density at radius 3 is 2.59 bits per heavy atom. The highest BCUT2D eigenvalue weighted by atomic mass is 16.5. The molecule has 2 aliphatic heterocycles. The van der Waals surface area contributed by atoms with Crippen molar-refractivity contribution in [1.82, 2.24) is 15.1 Å². The van der Waals surface area contributed by atoms with Gasteiger partial charge in [0.25, 0.3) is 5.91 Å². The van der Waals surface area contributed by atoms with Gasteiger partial charge in [0, 0.05) is 64.2 Å². The lowest BCUT2D eigenvalue weighted by atomic mass is 10.1. The lowest BCUT2D eigenvalue weighted by Gasteiger charge is -2.36. The largest absolute Gasteiger partial charge is 0.379 e. The molecule has 2 aliphatic rings. The van der Waals surface area contributed by atoms with Crippen LogP contribution in [0.25, 0.3) is 0 Å². The Bertz CT molecular complexity index is 772. The molecule has 2 saturated heterocycles. The minimum Gasteiger partial charge on any atom is -0.379 e. The topological polar surface area (TPSA) is 71.8 Å². The molecule has 2 fully saturated rings. The zero-order valence-electron chi connectivity index (χ0n) is 17.5. The van der Waals surface area contributed by atoms with Crippen molar-refractivity contribution in [1.29, 1.82) is 5.26 Å². The molecule has 1 aromatic carbocycles. The number of nitrogens with one attached hydrogen (secondary N) is 1. The molecule has 29 heavy (non-hydrogen) atoms. The van der Waals surface area contributed by atoms with Gasteiger partial charge >= 0.3 is 0 Å². The molecule has 0 aliphatic carbocycles. The van der Waals surface area contributed by atoms with Gasteiger partial charge in [-0.05, 0) is 31.0 Å². The van der Waals surface area contributed by atoms with Gasteiger partial charge in [-0.1, -0.05) is 12.1 Å². The van der Waals surface area contributed by atoms with Crippen molar-refractivity contribution in [2.75, 3.05) is 70.5 Å². The fraction of sp³-hybridized carbons (Fsp3) is 0.545. The van der Waals surface area contributed by atoms with Crippen LogP contribution in [-0.2, 0) is 9.53 Å². The third kappa shape index (κ3) is 5.72. The second kappa shape index (κ2) is 10.3. The lowest BCUT2D eigenvalue weighted by molar-refractivity contribution is -0.117. The van der Waals surface area contributed by atoms with Crippen molar-refractivity contribution >= 4 is 11.6 Å². The molecule has 1 aromatic rings. The van der Waals surface area contributed by atoms with Crippen molar-refractivity contribution in [3.8, 4) is 6.07 Å². The monoisotopic (exact) mass is 397 g/mol. The molecule has 0 radical (unpaired) electrons. The van der Waals surface area contributed by atoms with Gasteiger partial charge in [-0.2, -0.15) is 5.26 Å². The normalized spacial score (nSPS) is 18.4. The van der Waals surface area contributed by atoms with E-state index in [0.717, 1.165) is 59.0 Å². The van der Waals surface area contributed by atoms with Gasteiger partial charge in [0.1, 0.15) is 11.6 Å². The van der Waals surface area contributed by atoms with E-state index < -0.39 is 0 Å². The highest BCUT2D eigenvalue weighted by molar-refractivity contribution is 5.97. The molecular weight excluding hydrogens is 366 g/mol. The van der Waals surface area contributed by atoms with Crippen LogP contribution in [0.5, 0.6) is 0 Å². The van der Waals surface area contributed by atoms with Gasteiger partial charge < -0.3 is 19.9 Å². The van der Waals surface area contributed by atoms with Crippen LogP contribution in [0, 0.1) is 25.2 Å². The fourth-order valence-corrected chi connectivity index (χ4v) is 3.74. The minimum atomic E-state index is -0.294. The first-order chi connectivity index (χ1) is 14.1. The van der Waals surface area contributed by atoms with E-state index in [1.165, 1.54) is 16.8 Å². The van der Waals surface area contributed by atoms with Gasteiger partial charge in [0.2, 0.25) is 0 Å². The number of benzene rings is 1. The molecule has 0 bridgehead atoms. The number of anilines is 1. The van der Waals surface area contributed by atoms with Crippen molar-refractivity contribution in [3.63, 3.8) is 0 Å². The Morgan fingerprint density at radius 2 is 1.90 bits per heavy atom. The molecule has 1 amide bonds. The maximum absolute atomic E-state index is 12.4. The van der Waals surface area contributed by atoms with E-state index in [4.69, 9.17) is 4.74 Å². The van der Waals surface area contributed by atoms with Crippen LogP contribution in [0.1, 0.15) is 11.1 Å². The second-order valence-electron chi connectivity index (χ2n) is 7.61. The van der Waals surface area contributed by atoms with Crippen LogP contribution in [0.15, 0.2) is 30.0 Å². The average Bonchev–Trinajstić information content (AvgIpc) is 2.75. The highest BCUT2D eigenvalue weighted by Crippen LogP contribution is 2.24. The Morgan fingerprint density at radius 1 is 1.17 bits per heavy atom. The Hall–Kier alpha value is -2.56. The molecule has 2 heterocycles. The zero-order valence-corrected chi connectivity index (χ0v) is 17.5. The summed E-state index contributed by atoms with van der Waals surface area (Å²) in [6, 6.07) is 8.45. The number of ether oxygens (including phenoxy) is 1. The summed E-state index contributed by atoms with van der Waals surface area (Å²) in [5.74, 6) is -0.294. The summed E-state index contributed by atoms with van der Waals surface area (Å²) >= 11 is 0. The summed E-state index contributed by atoms with van der Waals surface area (Å²) in [7, 11) is 0. The summed E-state index contributed by atoms with van der Waals surface area (Å²) in [4.78, 5) is 19.1. The van der Waals surface area contributed by atoms with Crippen LogP contribution in [0.3, 0.4) is 0 Å². The number of rotatable bonds is 6. The smallest absolute Gasteiger partial charge is 0.263 e. The van der Waals surface area contributed by atoms with E-state index in [1.54, 1.807) is 6.20 Å². The predicted molar refractivity (Wildman–Crippen MR) is 114 cm³/mol. The van der Waals surface area contributed by atoms with Crippen LogP contribution >= 0.6 is 0 Å². The molecule has 0 saturated carbocycles. The van der Waals surface area contributed by atoms with Crippen LogP contribution in [-0.4, -0.2) is 81.3 Å². The number of carbonyl (C=O) groups is 1. The molecule has 0 unspecified atom stereocenters. The van der Waals surface area contributed by atoms with E-state index in [9.17, 15) is 10.1 Å². The number of aryl methyl sites for hydroxylation is 1. The van der Waals surface area contributed by atoms with Gasteiger partial charge in [-0.3, -0.25) is 9.69 Å². The third-order valence-corrected chi connectivity index (χ3v) is 5.73. The van der Waals surface area contributed by atoms with Crippen molar-refractivity contribution in [2.24, 2.45) is 0 Å². The molecule has 156 valence electrons. The standard InChI is InChI=1S/C22H31N5O2/c1-18-4-3-5-21(19(18)2)27-10-8-26(9-11-27)17-20(16-23)22(28)24-6-7-25-12-14-29-15-13-25/h3-5,17H,6-15H2,1-2H3,(H,24,28)/b20-17-. The number of nitrogens with zero attached hydrogens (tertiary/aromatic N) is 4. The molecule has 0 atom stereocenters. The molecular formula is C22H31N5O2. The Balaban J connectivity index is 1.49. The number of amides is 1. The van der Waals surface area contributed by atoms with Gasteiger partial charge in [0.05, 0.1) is 13.2 Å². The van der Waals surface area contributed by atoms with Crippen LogP contribution < -0.4 is 10.2 Å². The number of piperazine rings is 1. The van der Waals surface area contributed by atoms with Gasteiger partial charge in [0.15, 0.2) is 0 Å². The summed E-state index contributed by atoms with van der Waals surface area (Å²) < 4.78 is 5.33. The van der Waals surface area contributed by atoms with Gasteiger partial charge in [-0.15, -0.1) is 0 Å². The molecule has 1 N–H and O–H groups in total. The summed E-state index contributed by atoms with van der Waals surface area (Å²) in [5, 5.41) is 12.3. The predicted octanol–water partition coefficient (Wildman–Crippen LogP) is 1.28. The number of carbonyl (C=O) groups excluding carboxylic acids is 1. The maximum Gasteiger partial charge on any atom is 0.263 e. The zero-order chi connectivity index (χ0) is 20.6. The average molecular weight is 398 g/mol. The molecule has 7 nitrogen and oxygen atoms in total. The van der Waals surface area contributed by atoms with E-state index >= 15 is 0 Å². The number of morpholine rings is 1.